The summed E-state index contributed by atoms with van der Waals surface area (Å²) in [6, 6.07) is 5.79. The molecule has 3 aromatic rings. The lowest BCUT2D eigenvalue weighted by molar-refractivity contribution is -0.127. The Kier molecular flexibility index (Phi) is 4.50. The van der Waals surface area contributed by atoms with Gasteiger partial charge in [-0.1, -0.05) is 12.6 Å². The number of nitrogens with two attached hydrogens (primary N) is 1. The van der Waals surface area contributed by atoms with Crippen LogP contribution in [0.2, 0.25) is 0 Å². The number of rotatable bonds is 4. The molecule has 1 saturated heterocycles. The number of aromatic nitrogens is 3. The number of hydrogen-bond donors (Lipinski definition) is 2. The number of benzene rings is 1. The van der Waals surface area contributed by atoms with Gasteiger partial charge < -0.3 is 15.6 Å². The minimum absolute atomic E-state index is 0.0418. The van der Waals surface area contributed by atoms with E-state index in [9.17, 15) is 9.59 Å². The van der Waals surface area contributed by atoms with Gasteiger partial charge in [0.2, 0.25) is 5.91 Å². The van der Waals surface area contributed by atoms with Gasteiger partial charge in [0.25, 0.3) is 5.91 Å². The number of hydrogen-bond acceptors (Lipinski definition) is 3. The summed E-state index contributed by atoms with van der Waals surface area (Å²) in [6.07, 6.45) is 6.98. The molecule has 2 aromatic heterocycles. The number of aromatic amines is 1. The summed E-state index contributed by atoms with van der Waals surface area (Å²) in [5.41, 5.74) is 9.73. The van der Waals surface area contributed by atoms with Crippen molar-refractivity contribution in [3.8, 4) is 11.3 Å². The molecular formula is C21H23N5O2. The zero-order valence-corrected chi connectivity index (χ0v) is 15.8. The van der Waals surface area contributed by atoms with E-state index in [0.717, 1.165) is 47.1 Å². The van der Waals surface area contributed by atoms with Crippen molar-refractivity contribution in [2.24, 2.45) is 12.8 Å². The van der Waals surface area contributed by atoms with Crippen molar-refractivity contribution in [2.75, 3.05) is 13.1 Å². The SMILES string of the molecule is C=CC(=O)N1CCCC(c2ccc(C(N)=O)c3[nH]c(-c4cnn(C)c4)cc23)C1. The fraction of sp³-hybridized carbons (Fsp3) is 0.286. The van der Waals surface area contributed by atoms with Crippen LogP contribution in [0.25, 0.3) is 22.2 Å². The van der Waals surface area contributed by atoms with Crippen LogP contribution in [-0.2, 0) is 11.8 Å². The number of primary amides is 1. The highest BCUT2D eigenvalue weighted by atomic mass is 16.2. The van der Waals surface area contributed by atoms with Crippen LogP contribution in [-0.4, -0.2) is 44.6 Å². The molecule has 0 saturated carbocycles. The molecule has 1 fully saturated rings. The van der Waals surface area contributed by atoms with E-state index in [4.69, 9.17) is 5.73 Å². The van der Waals surface area contributed by atoms with Crippen LogP contribution in [0.5, 0.6) is 0 Å². The second-order valence-electron chi connectivity index (χ2n) is 7.27. The molecule has 1 unspecified atom stereocenters. The van der Waals surface area contributed by atoms with Crippen molar-refractivity contribution in [2.45, 2.75) is 18.8 Å². The van der Waals surface area contributed by atoms with Crippen molar-refractivity contribution < 1.29 is 9.59 Å². The summed E-state index contributed by atoms with van der Waals surface area (Å²) in [7, 11) is 1.86. The first kappa shape index (κ1) is 18.0. The minimum Gasteiger partial charge on any atom is -0.366 e. The molecule has 28 heavy (non-hydrogen) atoms. The highest BCUT2D eigenvalue weighted by molar-refractivity contribution is 6.07. The van der Waals surface area contributed by atoms with Gasteiger partial charge in [-0.15, -0.1) is 0 Å². The van der Waals surface area contributed by atoms with E-state index in [2.05, 4.69) is 16.7 Å². The molecule has 144 valence electrons. The monoisotopic (exact) mass is 377 g/mol. The van der Waals surface area contributed by atoms with E-state index in [0.29, 0.717) is 12.1 Å². The standard InChI is InChI=1S/C21H23N5O2/c1-3-19(27)26-8-4-5-13(12-26)15-6-7-16(21(22)28)20-17(15)9-18(24-20)14-10-23-25(2)11-14/h3,6-7,9-11,13,24H,1,4-5,8,12H2,2H3,(H2,22,28). The fourth-order valence-corrected chi connectivity index (χ4v) is 4.08. The molecular weight excluding hydrogens is 354 g/mol. The number of aryl methyl sites for hydroxylation is 1. The van der Waals surface area contributed by atoms with Gasteiger partial charge >= 0.3 is 0 Å². The Labute approximate surface area is 162 Å². The second-order valence-corrected chi connectivity index (χ2v) is 7.27. The van der Waals surface area contributed by atoms with Crippen LogP contribution in [0.1, 0.15) is 34.7 Å². The summed E-state index contributed by atoms with van der Waals surface area (Å²) in [5, 5.41) is 5.19. The third kappa shape index (κ3) is 3.09. The Morgan fingerprint density at radius 3 is 2.89 bits per heavy atom. The predicted octanol–water partition coefficient (Wildman–Crippen LogP) is 2.56. The first-order valence-electron chi connectivity index (χ1n) is 9.33. The smallest absolute Gasteiger partial charge is 0.250 e. The third-order valence-corrected chi connectivity index (χ3v) is 5.46. The number of carbonyl (C=O) groups is 2. The highest BCUT2D eigenvalue weighted by Crippen LogP contribution is 2.36. The quantitative estimate of drug-likeness (QED) is 0.684. The maximum atomic E-state index is 12.1. The summed E-state index contributed by atoms with van der Waals surface area (Å²) in [6.45, 7) is 4.99. The van der Waals surface area contributed by atoms with Crippen molar-refractivity contribution in [1.29, 1.82) is 0 Å². The van der Waals surface area contributed by atoms with Crippen LogP contribution in [0.4, 0.5) is 0 Å². The maximum absolute atomic E-state index is 12.1. The van der Waals surface area contributed by atoms with Gasteiger partial charge in [0.05, 0.1) is 17.3 Å². The van der Waals surface area contributed by atoms with Gasteiger partial charge in [0.15, 0.2) is 0 Å². The van der Waals surface area contributed by atoms with E-state index in [1.165, 1.54) is 6.08 Å². The topological polar surface area (TPSA) is 97.0 Å². The first-order chi connectivity index (χ1) is 13.5. The zero-order valence-electron chi connectivity index (χ0n) is 15.8. The lowest BCUT2D eigenvalue weighted by atomic mass is 9.87. The number of piperidine rings is 1. The normalized spacial score (nSPS) is 17.0. The summed E-state index contributed by atoms with van der Waals surface area (Å²) >= 11 is 0. The van der Waals surface area contributed by atoms with Crippen molar-refractivity contribution in [3.05, 3.63) is 54.4 Å². The second kappa shape index (κ2) is 6.99. The molecule has 0 bridgehead atoms. The minimum atomic E-state index is -0.469. The summed E-state index contributed by atoms with van der Waals surface area (Å²) in [4.78, 5) is 29.2. The van der Waals surface area contributed by atoms with Gasteiger partial charge in [-0.3, -0.25) is 14.3 Å². The van der Waals surface area contributed by atoms with E-state index >= 15 is 0 Å². The Bertz CT molecular complexity index is 1080. The van der Waals surface area contributed by atoms with Gasteiger partial charge in [0.1, 0.15) is 0 Å². The number of likely N-dealkylation sites (tertiary alicyclic amines) is 1. The largest absolute Gasteiger partial charge is 0.366 e. The van der Waals surface area contributed by atoms with Gasteiger partial charge in [-0.2, -0.15) is 5.10 Å². The summed E-state index contributed by atoms with van der Waals surface area (Å²) in [5.74, 6) is -0.317. The molecule has 2 amide bonds. The van der Waals surface area contributed by atoms with E-state index in [1.54, 1.807) is 16.9 Å². The average Bonchev–Trinajstić information content (AvgIpc) is 3.32. The lowest BCUT2D eigenvalue weighted by Crippen LogP contribution is -2.38. The number of carbonyl (C=O) groups excluding carboxylic acids is 2. The first-order valence-corrected chi connectivity index (χ1v) is 9.33. The average molecular weight is 377 g/mol. The molecule has 1 atom stereocenters. The van der Waals surface area contributed by atoms with Crippen molar-refractivity contribution >= 4 is 22.7 Å². The highest BCUT2D eigenvalue weighted by Gasteiger charge is 2.26. The molecule has 0 radical (unpaired) electrons. The third-order valence-electron chi connectivity index (χ3n) is 5.46. The Hall–Kier alpha value is -3.35. The van der Waals surface area contributed by atoms with Gasteiger partial charge in [-0.05, 0) is 36.6 Å². The van der Waals surface area contributed by atoms with E-state index in [1.807, 2.05) is 30.3 Å². The summed E-state index contributed by atoms with van der Waals surface area (Å²) < 4.78 is 1.73. The van der Waals surface area contributed by atoms with Crippen molar-refractivity contribution in [3.63, 3.8) is 0 Å². The number of fused-ring (bicyclic) bond motifs is 1. The van der Waals surface area contributed by atoms with E-state index in [-0.39, 0.29) is 11.8 Å². The number of H-pyrrole nitrogens is 1. The molecule has 7 nitrogen and oxygen atoms in total. The fourth-order valence-electron chi connectivity index (χ4n) is 4.08. The van der Waals surface area contributed by atoms with Crippen LogP contribution < -0.4 is 5.73 Å². The molecule has 3 heterocycles. The van der Waals surface area contributed by atoms with Crippen LogP contribution >= 0.6 is 0 Å². The number of nitrogens with one attached hydrogen (secondary N) is 1. The van der Waals surface area contributed by atoms with Crippen LogP contribution in [0.3, 0.4) is 0 Å². The zero-order chi connectivity index (χ0) is 19.8. The van der Waals surface area contributed by atoms with Crippen molar-refractivity contribution in [1.82, 2.24) is 19.7 Å². The van der Waals surface area contributed by atoms with Gasteiger partial charge in [-0.25, -0.2) is 0 Å². The molecule has 0 spiro atoms. The van der Waals surface area contributed by atoms with Crippen LogP contribution in [0.15, 0.2) is 43.2 Å². The Morgan fingerprint density at radius 1 is 1.39 bits per heavy atom. The lowest BCUT2D eigenvalue weighted by Gasteiger charge is -2.32. The molecule has 1 aromatic carbocycles. The van der Waals surface area contributed by atoms with Gasteiger partial charge in [0, 0.05) is 48.9 Å². The molecule has 4 rings (SSSR count). The molecule has 3 N–H and O–H groups in total. The maximum Gasteiger partial charge on any atom is 0.250 e. The molecule has 7 heteroatoms. The van der Waals surface area contributed by atoms with Crippen LogP contribution in [0, 0.1) is 0 Å². The molecule has 1 aliphatic heterocycles. The Morgan fingerprint density at radius 2 is 2.21 bits per heavy atom. The molecule has 1 aliphatic rings. The van der Waals surface area contributed by atoms with E-state index < -0.39 is 5.91 Å². The predicted molar refractivity (Wildman–Crippen MR) is 108 cm³/mol. The number of nitrogens with zero attached hydrogens (tertiary/aromatic N) is 3. The number of amides is 2. The molecule has 0 aliphatic carbocycles. The Balaban J connectivity index is 1.81.